The van der Waals surface area contributed by atoms with Crippen molar-refractivity contribution in [3.63, 3.8) is 0 Å². The molecule has 2 rings (SSSR count). The summed E-state index contributed by atoms with van der Waals surface area (Å²) in [6.07, 6.45) is 7.72. The second-order valence-corrected chi connectivity index (χ2v) is 4.97. The van der Waals surface area contributed by atoms with Crippen LogP contribution in [0.4, 0.5) is 0 Å². The van der Waals surface area contributed by atoms with E-state index in [4.69, 9.17) is 0 Å². The zero-order valence-electron chi connectivity index (χ0n) is 10.1. The standard InChI is InChI=1S/C15H20O2/c16-11-10-13(12-6-2-1-3-7-12)14-8-4-5-9-15(14)17/h4-5,8-9,11-13,17H,1-3,6-7,10H2. The van der Waals surface area contributed by atoms with E-state index < -0.39 is 0 Å². The average Bonchev–Trinajstić information content (AvgIpc) is 2.38. The molecule has 1 N–H and O–H groups in total. The maximum atomic E-state index is 10.9. The minimum Gasteiger partial charge on any atom is -0.508 e. The first-order valence-electron chi connectivity index (χ1n) is 6.54. The van der Waals surface area contributed by atoms with Gasteiger partial charge in [0.15, 0.2) is 0 Å². The highest BCUT2D eigenvalue weighted by Gasteiger charge is 2.26. The molecule has 0 heterocycles. The molecule has 1 aliphatic carbocycles. The van der Waals surface area contributed by atoms with E-state index in [9.17, 15) is 9.90 Å². The molecule has 0 radical (unpaired) electrons. The SMILES string of the molecule is O=CCC(c1ccccc1O)C1CCCCC1. The summed E-state index contributed by atoms with van der Waals surface area (Å²) < 4.78 is 0. The number of carbonyl (C=O) groups is 1. The Morgan fingerprint density at radius 1 is 1.24 bits per heavy atom. The molecule has 0 saturated heterocycles. The topological polar surface area (TPSA) is 37.3 Å². The lowest BCUT2D eigenvalue weighted by atomic mass is 9.75. The van der Waals surface area contributed by atoms with E-state index in [-0.39, 0.29) is 5.92 Å². The zero-order chi connectivity index (χ0) is 12.1. The summed E-state index contributed by atoms with van der Waals surface area (Å²) in [6.45, 7) is 0. The van der Waals surface area contributed by atoms with Crippen LogP contribution in [0.2, 0.25) is 0 Å². The number of aldehydes is 1. The molecule has 1 unspecified atom stereocenters. The Bertz CT molecular complexity index is 367. The predicted molar refractivity (Wildman–Crippen MR) is 68.1 cm³/mol. The molecule has 1 atom stereocenters. The fourth-order valence-corrected chi connectivity index (χ4v) is 3.01. The van der Waals surface area contributed by atoms with E-state index in [1.165, 1.54) is 32.1 Å². The summed E-state index contributed by atoms with van der Waals surface area (Å²) in [7, 11) is 0. The van der Waals surface area contributed by atoms with Gasteiger partial charge in [0.1, 0.15) is 12.0 Å². The van der Waals surface area contributed by atoms with Gasteiger partial charge in [-0.05, 0) is 36.3 Å². The normalized spacial score (nSPS) is 18.8. The van der Waals surface area contributed by atoms with Gasteiger partial charge in [0.2, 0.25) is 0 Å². The van der Waals surface area contributed by atoms with Crippen LogP contribution in [-0.2, 0) is 4.79 Å². The zero-order valence-corrected chi connectivity index (χ0v) is 10.1. The molecule has 1 aromatic carbocycles. The molecule has 0 aromatic heterocycles. The smallest absolute Gasteiger partial charge is 0.120 e. The lowest BCUT2D eigenvalue weighted by Gasteiger charge is -2.29. The van der Waals surface area contributed by atoms with Crippen molar-refractivity contribution in [3.8, 4) is 5.75 Å². The van der Waals surface area contributed by atoms with Crippen molar-refractivity contribution in [1.29, 1.82) is 0 Å². The number of phenolic OH excluding ortho intramolecular Hbond substituents is 1. The second kappa shape index (κ2) is 5.85. The molecule has 0 amide bonds. The first-order valence-corrected chi connectivity index (χ1v) is 6.54. The van der Waals surface area contributed by atoms with Crippen LogP contribution in [0.1, 0.15) is 50.0 Å². The highest BCUT2D eigenvalue weighted by atomic mass is 16.3. The number of phenols is 1. The lowest BCUT2D eigenvalue weighted by molar-refractivity contribution is -0.108. The summed E-state index contributed by atoms with van der Waals surface area (Å²) in [5.41, 5.74) is 0.950. The predicted octanol–water partition coefficient (Wildman–Crippen LogP) is 3.65. The van der Waals surface area contributed by atoms with Crippen LogP contribution in [0.25, 0.3) is 0 Å². The van der Waals surface area contributed by atoms with E-state index >= 15 is 0 Å². The fourth-order valence-electron chi connectivity index (χ4n) is 3.01. The number of rotatable bonds is 4. The first kappa shape index (κ1) is 12.2. The minimum absolute atomic E-state index is 0.203. The van der Waals surface area contributed by atoms with Crippen LogP contribution in [0.3, 0.4) is 0 Å². The van der Waals surface area contributed by atoms with Gasteiger partial charge < -0.3 is 9.90 Å². The molecule has 0 aliphatic heterocycles. The van der Waals surface area contributed by atoms with Gasteiger partial charge in [0.05, 0.1) is 0 Å². The number of hydrogen-bond acceptors (Lipinski definition) is 2. The molecule has 1 aliphatic rings. The van der Waals surface area contributed by atoms with Gasteiger partial charge in [-0.3, -0.25) is 0 Å². The van der Waals surface area contributed by atoms with Crippen molar-refractivity contribution in [1.82, 2.24) is 0 Å². The van der Waals surface area contributed by atoms with E-state index in [1.54, 1.807) is 6.07 Å². The minimum atomic E-state index is 0.203. The van der Waals surface area contributed by atoms with Crippen molar-refractivity contribution in [2.24, 2.45) is 5.92 Å². The third-order valence-electron chi connectivity index (χ3n) is 3.91. The van der Waals surface area contributed by atoms with Crippen molar-refractivity contribution in [2.75, 3.05) is 0 Å². The highest BCUT2D eigenvalue weighted by molar-refractivity contribution is 5.53. The Labute approximate surface area is 103 Å². The lowest BCUT2D eigenvalue weighted by Crippen LogP contribution is -2.17. The Morgan fingerprint density at radius 3 is 2.59 bits per heavy atom. The highest BCUT2D eigenvalue weighted by Crippen LogP contribution is 2.40. The van der Waals surface area contributed by atoms with Crippen molar-refractivity contribution in [3.05, 3.63) is 29.8 Å². The Morgan fingerprint density at radius 2 is 1.94 bits per heavy atom. The third kappa shape index (κ3) is 2.87. The van der Waals surface area contributed by atoms with Crippen molar-refractivity contribution >= 4 is 6.29 Å². The molecule has 0 bridgehead atoms. The van der Waals surface area contributed by atoms with Gasteiger partial charge in [-0.2, -0.15) is 0 Å². The molecular formula is C15H20O2. The van der Waals surface area contributed by atoms with Gasteiger partial charge in [0, 0.05) is 6.42 Å². The maximum absolute atomic E-state index is 10.9. The van der Waals surface area contributed by atoms with Crippen molar-refractivity contribution < 1.29 is 9.90 Å². The molecule has 0 spiro atoms. The van der Waals surface area contributed by atoms with Gasteiger partial charge >= 0.3 is 0 Å². The molecule has 92 valence electrons. The summed E-state index contributed by atoms with van der Waals surface area (Å²) in [4.78, 5) is 10.9. The summed E-state index contributed by atoms with van der Waals surface area (Å²) in [6, 6.07) is 7.45. The fraction of sp³-hybridized carbons (Fsp3) is 0.533. The number of hydrogen-bond donors (Lipinski definition) is 1. The Kier molecular flexibility index (Phi) is 4.18. The molecule has 2 heteroatoms. The van der Waals surface area contributed by atoms with Gasteiger partial charge in [-0.15, -0.1) is 0 Å². The summed E-state index contributed by atoms with van der Waals surface area (Å²) in [5.74, 6) is 1.10. The number of benzene rings is 1. The summed E-state index contributed by atoms with van der Waals surface area (Å²) in [5, 5.41) is 9.92. The number of carbonyl (C=O) groups excluding carboxylic acids is 1. The molecule has 1 aromatic rings. The van der Waals surface area contributed by atoms with Crippen LogP contribution in [0.5, 0.6) is 5.75 Å². The van der Waals surface area contributed by atoms with Crippen LogP contribution >= 0.6 is 0 Å². The molecular weight excluding hydrogens is 212 g/mol. The average molecular weight is 232 g/mol. The van der Waals surface area contributed by atoms with E-state index in [0.717, 1.165) is 11.8 Å². The van der Waals surface area contributed by atoms with Crippen molar-refractivity contribution in [2.45, 2.75) is 44.4 Å². The summed E-state index contributed by atoms with van der Waals surface area (Å²) >= 11 is 0. The Hall–Kier alpha value is -1.31. The van der Waals surface area contributed by atoms with E-state index in [1.807, 2.05) is 18.2 Å². The molecule has 2 nitrogen and oxygen atoms in total. The maximum Gasteiger partial charge on any atom is 0.120 e. The van der Waals surface area contributed by atoms with Crippen LogP contribution in [0.15, 0.2) is 24.3 Å². The van der Waals surface area contributed by atoms with Crippen LogP contribution in [0, 0.1) is 5.92 Å². The number of para-hydroxylation sites is 1. The molecule has 1 saturated carbocycles. The molecule has 1 fully saturated rings. The quantitative estimate of drug-likeness (QED) is 0.805. The van der Waals surface area contributed by atoms with E-state index in [2.05, 4.69) is 0 Å². The first-order chi connectivity index (χ1) is 8.33. The molecule has 17 heavy (non-hydrogen) atoms. The van der Waals surface area contributed by atoms with Crippen LogP contribution in [-0.4, -0.2) is 11.4 Å². The monoisotopic (exact) mass is 232 g/mol. The largest absolute Gasteiger partial charge is 0.508 e. The van der Waals surface area contributed by atoms with Crippen LogP contribution < -0.4 is 0 Å². The van der Waals surface area contributed by atoms with E-state index in [0.29, 0.717) is 18.1 Å². The van der Waals surface area contributed by atoms with Gasteiger partial charge in [-0.25, -0.2) is 0 Å². The van der Waals surface area contributed by atoms with Gasteiger partial charge in [0.25, 0.3) is 0 Å². The van der Waals surface area contributed by atoms with Gasteiger partial charge in [-0.1, -0.05) is 37.5 Å². The third-order valence-corrected chi connectivity index (χ3v) is 3.91. The second-order valence-electron chi connectivity index (χ2n) is 4.97. The Balaban J connectivity index is 2.21. The number of aromatic hydroxyl groups is 1.